The van der Waals surface area contributed by atoms with Crippen molar-refractivity contribution in [3.8, 4) is 0 Å². The Morgan fingerprint density at radius 1 is 1.27 bits per heavy atom. The van der Waals surface area contributed by atoms with Crippen LogP contribution in [-0.4, -0.2) is 38.4 Å². The maximum atomic E-state index is 12.9. The Bertz CT molecular complexity index is 595. The average Bonchev–Trinajstić information content (AvgIpc) is 2.87. The molecule has 0 radical (unpaired) electrons. The predicted molar refractivity (Wildman–Crippen MR) is 94.2 cm³/mol. The van der Waals surface area contributed by atoms with Gasteiger partial charge in [0.2, 0.25) is 10.0 Å². The van der Waals surface area contributed by atoms with Gasteiger partial charge in [0.25, 0.3) is 0 Å². The highest BCUT2D eigenvalue weighted by Gasteiger charge is 2.35. The molecule has 126 valence electrons. The molecule has 1 N–H and O–H groups in total. The van der Waals surface area contributed by atoms with Crippen molar-refractivity contribution in [2.45, 2.75) is 30.7 Å². The molecule has 22 heavy (non-hydrogen) atoms. The number of hydrogen-bond donors (Lipinski definition) is 1. The third-order valence-corrected chi connectivity index (χ3v) is 6.51. The lowest BCUT2D eigenvalue weighted by atomic mass is 10.2. The summed E-state index contributed by atoms with van der Waals surface area (Å²) in [7, 11) is -3.75. The summed E-state index contributed by atoms with van der Waals surface area (Å²) in [6.45, 7) is 3.82. The summed E-state index contributed by atoms with van der Waals surface area (Å²) in [5.41, 5.74) is 0. The first-order chi connectivity index (χ1) is 9.87. The highest BCUT2D eigenvalue weighted by molar-refractivity contribution is 7.89. The van der Waals surface area contributed by atoms with Crippen LogP contribution in [0.25, 0.3) is 0 Å². The molecule has 0 aliphatic carbocycles. The van der Waals surface area contributed by atoms with Gasteiger partial charge in [0.05, 0.1) is 10.0 Å². The van der Waals surface area contributed by atoms with E-state index in [1.165, 1.54) is 16.4 Å². The molecule has 1 heterocycles. The van der Waals surface area contributed by atoms with E-state index >= 15 is 0 Å². The van der Waals surface area contributed by atoms with E-state index in [-0.39, 0.29) is 33.4 Å². The van der Waals surface area contributed by atoms with Gasteiger partial charge in [-0.3, -0.25) is 0 Å². The fraction of sp³-hybridized carbons (Fsp3) is 0.538. The monoisotopic (exact) mass is 406 g/mol. The van der Waals surface area contributed by atoms with Gasteiger partial charge in [-0.1, -0.05) is 41.7 Å². The zero-order chi connectivity index (χ0) is 15.6. The topological polar surface area (TPSA) is 49.4 Å². The second-order valence-corrected chi connectivity index (χ2v) is 8.04. The van der Waals surface area contributed by atoms with E-state index < -0.39 is 10.0 Å². The molecule has 1 aromatic rings. The van der Waals surface area contributed by atoms with Crippen molar-refractivity contribution >= 4 is 57.2 Å². The molecule has 0 bridgehead atoms. The van der Waals surface area contributed by atoms with Gasteiger partial charge in [-0.05, 0) is 31.5 Å². The molecular weight excluding hydrogens is 390 g/mol. The Morgan fingerprint density at radius 3 is 2.32 bits per heavy atom. The van der Waals surface area contributed by atoms with Crippen LogP contribution in [0.1, 0.15) is 19.8 Å². The van der Waals surface area contributed by atoms with Crippen LogP contribution in [-0.2, 0) is 10.0 Å². The third-order valence-electron chi connectivity index (χ3n) is 3.42. The van der Waals surface area contributed by atoms with Gasteiger partial charge in [-0.2, -0.15) is 4.31 Å². The molecule has 9 heteroatoms. The molecule has 1 aliphatic heterocycles. The Morgan fingerprint density at radius 2 is 1.86 bits per heavy atom. The Labute approximate surface area is 152 Å². The van der Waals surface area contributed by atoms with Crippen molar-refractivity contribution in [1.29, 1.82) is 0 Å². The summed E-state index contributed by atoms with van der Waals surface area (Å²) in [4.78, 5) is -0.0596. The second-order valence-electron chi connectivity index (χ2n) is 4.96. The predicted octanol–water partition coefficient (Wildman–Crippen LogP) is 3.83. The van der Waals surface area contributed by atoms with Gasteiger partial charge >= 0.3 is 0 Å². The largest absolute Gasteiger partial charge is 0.315 e. The standard InChI is InChI=1S/C13H17Cl3N2O2S.ClH/c1-2-5-18(10-3-4-17-8-10)21(19,20)13-11(15)6-9(14)7-12(13)16;/h6-7,10,17H,2-5,8H2,1H3;1H. The van der Waals surface area contributed by atoms with E-state index in [0.717, 1.165) is 19.4 Å². The molecule has 1 aliphatic rings. The smallest absolute Gasteiger partial charge is 0.246 e. The van der Waals surface area contributed by atoms with Crippen molar-refractivity contribution in [2.24, 2.45) is 0 Å². The van der Waals surface area contributed by atoms with Gasteiger partial charge in [-0.15, -0.1) is 12.4 Å². The van der Waals surface area contributed by atoms with Gasteiger partial charge in [0, 0.05) is 24.2 Å². The quantitative estimate of drug-likeness (QED) is 0.806. The lowest BCUT2D eigenvalue weighted by Crippen LogP contribution is -2.42. The second kappa shape index (κ2) is 8.38. The number of sulfonamides is 1. The first-order valence-corrected chi connectivity index (χ1v) is 9.32. The molecule has 0 saturated carbocycles. The molecule has 0 amide bonds. The maximum absolute atomic E-state index is 12.9. The van der Waals surface area contributed by atoms with Gasteiger partial charge in [0.15, 0.2) is 0 Å². The summed E-state index contributed by atoms with van der Waals surface area (Å²) in [6, 6.07) is 2.73. The molecule has 2 rings (SSSR count). The van der Waals surface area contributed by atoms with Crippen molar-refractivity contribution in [1.82, 2.24) is 9.62 Å². The van der Waals surface area contributed by atoms with Gasteiger partial charge in [0.1, 0.15) is 4.90 Å². The first kappa shape index (κ1) is 20.3. The van der Waals surface area contributed by atoms with E-state index in [1.54, 1.807) is 0 Å². The summed E-state index contributed by atoms with van der Waals surface area (Å²) in [5, 5.41) is 3.60. The van der Waals surface area contributed by atoms with E-state index in [4.69, 9.17) is 34.8 Å². The Balaban J connectivity index is 0.00000242. The van der Waals surface area contributed by atoms with Crippen LogP contribution in [0.3, 0.4) is 0 Å². The van der Waals surface area contributed by atoms with E-state index in [0.29, 0.717) is 18.1 Å². The molecule has 0 spiro atoms. The van der Waals surface area contributed by atoms with Crippen molar-refractivity contribution in [3.63, 3.8) is 0 Å². The number of nitrogens with zero attached hydrogens (tertiary/aromatic N) is 1. The maximum Gasteiger partial charge on any atom is 0.246 e. The molecule has 1 aromatic carbocycles. The fourth-order valence-corrected chi connectivity index (χ4v) is 5.74. The molecule has 1 unspecified atom stereocenters. The molecule has 1 fully saturated rings. The van der Waals surface area contributed by atoms with Crippen molar-refractivity contribution in [3.05, 3.63) is 27.2 Å². The number of hydrogen-bond acceptors (Lipinski definition) is 3. The van der Waals surface area contributed by atoms with Crippen LogP contribution in [0.5, 0.6) is 0 Å². The minimum Gasteiger partial charge on any atom is -0.315 e. The molecular formula is C13H18Cl4N2O2S. The SMILES string of the molecule is CCCN(C1CCNC1)S(=O)(=O)c1c(Cl)cc(Cl)cc1Cl.Cl. The highest BCUT2D eigenvalue weighted by Crippen LogP contribution is 2.35. The van der Waals surface area contributed by atoms with Crippen LogP contribution in [0, 0.1) is 0 Å². The molecule has 1 saturated heterocycles. The minimum absolute atomic E-state index is 0. The number of benzene rings is 1. The molecule has 1 atom stereocenters. The highest BCUT2D eigenvalue weighted by atomic mass is 35.5. The lowest BCUT2D eigenvalue weighted by molar-refractivity contribution is 0.335. The van der Waals surface area contributed by atoms with E-state index in [1.807, 2.05) is 6.92 Å². The summed E-state index contributed by atoms with van der Waals surface area (Å²) < 4.78 is 27.4. The Kier molecular flexibility index (Phi) is 7.73. The number of nitrogens with one attached hydrogen (secondary N) is 1. The van der Waals surface area contributed by atoms with Crippen LogP contribution >= 0.6 is 47.2 Å². The third kappa shape index (κ3) is 4.20. The minimum atomic E-state index is -3.75. The van der Waals surface area contributed by atoms with Gasteiger partial charge < -0.3 is 5.32 Å². The average molecular weight is 408 g/mol. The molecule has 0 aromatic heterocycles. The van der Waals surface area contributed by atoms with Crippen LogP contribution in [0.2, 0.25) is 15.1 Å². The van der Waals surface area contributed by atoms with Crippen LogP contribution < -0.4 is 5.32 Å². The summed E-state index contributed by atoms with van der Waals surface area (Å²) in [6.07, 6.45) is 1.50. The zero-order valence-corrected chi connectivity index (χ0v) is 15.9. The van der Waals surface area contributed by atoms with E-state index in [2.05, 4.69) is 5.32 Å². The van der Waals surface area contributed by atoms with E-state index in [9.17, 15) is 8.42 Å². The summed E-state index contributed by atoms with van der Waals surface area (Å²) >= 11 is 18.0. The van der Waals surface area contributed by atoms with Gasteiger partial charge in [-0.25, -0.2) is 8.42 Å². The Hall–Kier alpha value is 0.250. The molecule has 4 nitrogen and oxygen atoms in total. The number of halogens is 4. The van der Waals surface area contributed by atoms with Crippen molar-refractivity contribution in [2.75, 3.05) is 19.6 Å². The van der Waals surface area contributed by atoms with Crippen molar-refractivity contribution < 1.29 is 8.42 Å². The van der Waals surface area contributed by atoms with Crippen LogP contribution in [0.15, 0.2) is 17.0 Å². The number of rotatable bonds is 5. The van der Waals surface area contributed by atoms with Crippen LogP contribution in [0.4, 0.5) is 0 Å². The zero-order valence-electron chi connectivity index (χ0n) is 12.0. The normalized spacial score (nSPS) is 18.5. The lowest BCUT2D eigenvalue weighted by Gasteiger charge is -2.28. The summed E-state index contributed by atoms with van der Waals surface area (Å²) in [5.74, 6) is 0. The fourth-order valence-electron chi connectivity index (χ4n) is 2.50. The first-order valence-electron chi connectivity index (χ1n) is 6.75.